The lowest BCUT2D eigenvalue weighted by molar-refractivity contribution is -0.142. The van der Waals surface area contributed by atoms with E-state index in [4.69, 9.17) is 0 Å². The van der Waals surface area contributed by atoms with Crippen LogP contribution in [0.15, 0.2) is 16.0 Å². The number of nitrogens with zero attached hydrogens (tertiary/aromatic N) is 3. The Labute approximate surface area is 132 Å². The highest BCUT2D eigenvalue weighted by molar-refractivity contribution is 7.09. The summed E-state index contributed by atoms with van der Waals surface area (Å²) in [7, 11) is 1.37. The smallest absolute Gasteiger partial charge is 0.338 e. The van der Waals surface area contributed by atoms with Gasteiger partial charge in [-0.25, -0.2) is 4.98 Å². The second-order valence-electron chi connectivity index (χ2n) is 4.55. The molecule has 0 spiro atoms. The van der Waals surface area contributed by atoms with Crippen LogP contribution in [0.1, 0.15) is 16.4 Å². The fourth-order valence-corrected chi connectivity index (χ4v) is 2.21. The average Bonchev–Trinajstić information content (AvgIpc) is 3.06. The summed E-state index contributed by atoms with van der Waals surface area (Å²) in [6, 6.07) is 0.495. The molecule has 2 amide bonds. The van der Waals surface area contributed by atoms with Gasteiger partial charge in [0, 0.05) is 18.5 Å². The van der Waals surface area contributed by atoms with Gasteiger partial charge in [-0.1, -0.05) is 5.16 Å². The van der Waals surface area contributed by atoms with Crippen molar-refractivity contribution in [1.29, 1.82) is 0 Å². The molecule has 2 aromatic rings. The molecule has 0 aliphatic heterocycles. The molecule has 23 heavy (non-hydrogen) atoms. The Balaban J connectivity index is 1.96. The molecule has 0 radical (unpaired) electrons. The highest BCUT2D eigenvalue weighted by Gasteiger charge is 2.35. The normalized spacial score (nSPS) is 11.3. The Kier molecular flexibility index (Phi) is 4.68. The van der Waals surface area contributed by atoms with Crippen LogP contribution in [-0.4, -0.2) is 33.9 Å². The Morgan fingerprint density at radius 1 is 1.43 bits per heavy atom. The monoisotopic (exact) mass is 348 g/mol. The number of aryl methyl sites for hydroxylation is 1. The van der Waals surface area contributed by atoms with Gasteiger partial charge in [-0.05, 0) is 6.92 Å². The number of likely N-dealkylation sites (N-methyl/N-ethyl adjacent to an activating group) is 1. The van der Waals surface area contributed by atoms with E-state index in [1.807, 2.05) is 5.32 Å². The maximum absolute atomic E-state index is 12.4. The van der Waals surface area contributed by atoms with Gasteiger partial charge in [0.2, 0.25) is 5.88 Å². The minimum atomic E-state index is -4.70. The Morgan fingerprint density at radius 2 is 2.13 bits per heavy atom. The molecule has 0 aliphatic rings. The Bertz CT molecular complexity index is 725. The van der Waals surface area contributed by atoms with Crippen molar-refractivity contribution >= 4 is 29.0 Å². The first kappa shape index (κ1) is 16.9. The molecule has 0 aromatic carbocycles. The maximum atomic E-state index is 12.4. The van der Waals surface area contributed by atoms with Crippen LogP contribution >= 0.6 is 11.3 Å². The molecule has 124 valence electrons. The topological polar surface area (TPSA) is 88.3 Å². The molecule has 7 nitrogen and oxygen atoms in total. The fraction of sp³-hybridized carbons (Fsp3) is 0.333. The van der Waals surface area contributed by atoms with Crippen molar-refractivity contribution in [3.05, 3.63) is 27.8 Å². The first-order chi connectivity index (χ1) is 10.7. The summed E-state index contributed by atoms with van der Waals surface area (Å²) in [5, 5.41) is 7.25. The number of halogens is 3. The number of alkyl halides is 3. The van der Waals surface area contributed by atoms with Crippen LogP contribution in [0.2, 0.25) is 0 Å². The van der Waals surface area contributed by atoms with E-state index in [1.165, 1.54) is 18.4 Å². The van der Waals surface area contributed by atoms with Crippen LogP contribution in [0, 0.1) is 6.92 Å². The summed E-state index contributed by atoms with van der Waals surface area (Å²) in [4.78, 5) is 28.8. The predicted octanol–water partition coefficient (Wildman–Crippen LogP) is 2.06. The number of thiazole rings is 1. The highest BCUT2D eigenvalue weighted by atomic mass is 32.1. The molecule has 0 atom stereocenters. The number of hydrogen-bond donors (Lipinski definition) is 1. The second kappa shape index (κ2) is 6.36. The number of carbonyl (C=O) groups is 2. The van der Waals surface area contributed by atoms with Crippen molar-refractivity contribution in [2.75, 3.05) is 12.4 Å². The van der Waals surface area contributed by atoms with E-state index in [0.29, 0.717) is 11.8 Å². The summed E-state index contributed by atoms with van der Waals surface area (Å²) in [5.74, 6) is -2.64. The van der Waals surface area contributed by atoms with Crippen LogP contribution in [-0.2, 0) is 22.3 Å². The number of anilines is 1. The average molecular weight is 348 g/mol. The Hall–Kier alpha value is -2.43. The molecular formula is C12H11F3N4O3S. The van der Waals surface area contributed by atoms with Crippen LogP contribution in [0.3, 0.4) is 0 Å². The maximum Gasteiger partial charge on any atom is 0.436 e. The highest BCUT2D eigenvalue weighted by Crippen LogP contribution is 2.29. The van der Waals surface area contributed by atoms with Gasteiger partial charge in [0.25, 0.3) is 0 Å². The van der Waals surface area contributed by atoms with Crippen LogP contribution in [0.5, 0.6) is 0 Å². The molecule has 2 aromatic heterocycles. The minimum absolute atomic E-state index is 0.0980. The van der Waals surface area contributed by atoms with Gasteiger partial charge < -0.3 is 9.42 Å². The molecule has 1 N–H and O–H groups in total. The van der Waals surface area contributed by atoms with Crippen LogP contribution in [0.4, 0.5) is 19.1 Å². The number of hydrogen-bond acceptors (Lipinski definition) is 6. The lowest BCUT2D eigenvalue weighted by Gasteiger charge is -2.14. The summed E-state index contributed by atoms with van der Waals surface area (Å²) in [6.07, 6.45) is -4.70. The van der Waals surface area contributed by atoms with Crippen molar-refractivity contribution in [2.24, 2.45) is 0 Å². The lowest BCUT2D eigenvalue weighted by atomic mass is 10.4. The number of nitrogens with one attached hydrogen (secondary N) is 1. The third-order valence-corrected chi connectivity index (χ3v) is 3.47. The molecule has 2 rings (SSSR count). The van der Waals surface area contributed by atoms with E-state index in [2.05, 4.69) is 14.7 Å². The van der Waals surface area contributed by atoms with Gasteiger partial charge in [-0.2, -0.15) is 13.2 Å². The van der Waals surface area contributed by atoms with Crippen LogP contribution in [0.25, 0.3) is 0 Å². The number of carbonyl (C=O) groups excluding carboxylic acids is 2. The van der Waals surface area contributed by atoms with E-state index in [1.54, 1.807) is 12.3 Å². The first-order valence-corrected chi connectivity index (χ1v) is 7.06. The van der Waals surface area contributed by atoms with E-state index in [0.717, 1.165) is 9.91 Å². The summed E-state index contributed by atoms with van der Waals surface area (Å²) in [6.45, 7) is 1.89. The van der Waals surface area contributed by atoms with Gasteiger partial charge in [0.15, 0.2) is 5.69 Å². The zero-order chi connectivity index (χ0) is 17.2. The molecule has 0 bridgehead atoms. The predicted molar refractivity (Wildman–Crippen MR) is 73.5 cm³/mol. The second-order valence-corrected chi connectivity index (χ2v) is 5.61. The van der Waals surface area contributed by atoms with Crippen molar-refractivity contribution in [3.8, 4) is 0 Å². The molecular weight excluding hydrogens is 337 g/mol. The zero-order valence-corrected chi connectivity index (χ0v) is 12.8. The first-order valence-electron chi connectivity index (χ1n) is 6.18. The molecule has 0 aliphatic carbocycles. The van der Waals surface area contributed by atoms with Crippen molar-refractivity contribution in [1.82, 2.24) is 15.0 Å². The SMILES string of the molecule is Cc1nc(CN(C)C(=O)C(=O)Nc2cc(C(F)(F)F)no2)cs1. The van der Waals surface area contributed by atoms with E-state index in [-0.39, 0.29) is 6.54 Å². The number of amides is 2. The van der Waals surface area contributed by atoms with Gasteiger partial charge >= 0.3 is 18.0 Å². The van der Waals surface area contributed by atoms with Crippen molar-refractivity contribution in [2.45, 2.75) is 19.6 Å². The van der Waals surface area contributed by atoms with Gasteiger partial charge in [-0.3, -0.25) is 14.9 Å². The molecule has 2 heterocycles. The van der Waals surface area contributed by atoms with Gasteiger partial charge in [0.1, 0.15) is 0 Å². The van der Waals surface area contributed by atoms with E-state index in [9.17, 15) is 22.8 Å². The fourth-order valence-electron chi connectivity index (χ4n) is 1.60. The largest absolute Gasteiger partial charge is 0.436 e. The number of rotatable bonds is 3. The van der Waals surface area contributed by atoms with Gasteiger partial charge in [-0.15, -0.1) is 11.3 Å². The van der Waals surface area contributed by atoms with Gasteiger partial charge in [0.05, 0.1) is 17.2 Å². The lowest BCUT2D eigenvalue weighted by Crippen LogP contribution is -2.36. The van der Waals surface area contributed by atoms with E-state index >= 15 is 0 Å². The summed E-state index contributed by atoms with van der Waals surface area (Å²) < 4.78 is 41.4. The third-order valence-electron chi connectivity index (χ3n) is 2.64. The van der Waals surface area contributed by atoms with Crippen LogP contribution < -0.4 is 5.32 Å². The number of aromatic nitrogens is 2. The zero-order valence-electron chi connectivity index (χ0n) is 12.0. The standard InChI is InChI=1S/C12H11F3N4O3S/c1-6-16-7(5-23-6)4-19(2)11(21)10(20)17-9-3-8(18-22-9)12(13,14)15/h3,5H,4H2,1-2H3,(H,17,20). The van der Waals surface area contributed by atoms with E-state index < -0.39 is 29.6 Å². The Morgan fingerprint density at radius 3 is 2.65 bits per heavy atom. The van der Waals surface area contributed by atoms with Crippen molar-refractivity contribution < 1.29 is 27.3 Å². The molecule has 11 heteroatoms. The quantitative estimate of drug-likeness (QED) is 0.858. The molecule has 0 fully saturated rings. The molecule has 0 saturated heterocycles. The minimum Gasteiger partial charge on any atom is -0.338 e. The molecule has 0 unspecified atom stereocenters. The van der Waals surface area contributed by atoms with Crippen molar-refractivity contribution in [3.63, 3.8) is 0 Å². The summed E-state index contributed by atoms with van der Waals surface area (Å²) in [5.41, 5.74) is -0.693. The summed E-state index contributed by atoms with van der Waals surface area (Å²) >= 11 is 1.39. The third kappa shape index (κ3) is 4.28. The molecule has 0 saturated carbocycles.